The molecule has 0 N–H and O–H groups in total. The number of likely N-dealkylation sites (N-methyl/N-ethyl adjacent to an activating group) is 2. The minimum atomic E-state index is -0.0269. The van der Waals surface area contributed by atoms with Crippen molar-refractivity contribution in [3.63, 3.8) is 0 Å². The van der Waals surface area contributed by atoms with Crippen LogP contribution in [0, 0.1) is 0 Å². The summed E-state index contributed by atoms with van der Waals surface area (Å²) >= 11 is 0. The summed E-state index contributed by atoms with van der Waals surface area (Å²) in [5.74, 6) is 0.620. The van der Waals surface area contributed by atoms with E-state index in [4.69, 9.17) is 9.15 Å². The molecule has 3 aromatic rings. The average molecular weight is 495 g/mol. The number of para-hydroxylation sites is 1. The van der Waals surface area contributed by atoms with Crippen molar-refractivity contribution < 1.29 is 9.15 Å². The molecule has 0 fully saturated rings. The second kappa shape index (κ2) is 14.4. The first kappa shape index (κ1) is 28.2. The summed E-state index contributed by atoms with van der Waals surface area (Å²) in [6, 6.07) is 14.1. The van der Waals surface area contributed by atoms with Gasteiger partial charge in [-0.25, -0.2) is 0 Å². The van der Waals surface area contributed by atoms with E-state index >= 15 is 0 Å². The minimum Gasteiger partial charge on any atom is -0.493 e. The van der Waals surface area contributed by atoms with Crippen molar-refractivity contribution in [3.05, 3.63) is 52.7 Å². The summed E-state index contributed by atoms with van der Waals surface area (Å²) in [5, 5.41) is 1.13. The zero-order valence-corrected chi connectivity index (χ0v) is 23.1. The molecule has 0 aliphatic heterocycles. The van der Waals surface area contributed by atoms with Crippen LogP contribution in [0.3, 0.4) is 0 Å². The number of unbranched alkanes of at least 4 members (excludes halogenated alkanes) is 2. The van der Waals surface area contributed by atoms with Crippen molar-refractivity contribution >= 4 is 21.9 Å². The molecular formula is C31H46N2O3. The predicted molar refractivity (Wildman–Crippen MR) is 152 cm³/mol. The molecule has 2 unspecified atom stereocenters. The van der Waals surface area contributed by atoms with Gasteiger partial charge >= 0.3 is 0 Å². The van der Waals surface area contributed by atoms with Gasteiger partial charge in [-0.05, 0) is 69.7 Å². The topological polar surface area (TPSA) is 45.9 Å². The molecule has 198 valence electrons. The molecule has 2 atom stereocenters. The summed E-state index contributed by atoms with van der Waals surface area (Å²) in [5.41, 5.74) is 1.16. The number of benzene rings is 2. The van der Waals surface area contributed by atoms with Crippen molar-refractivity contribution in [3.8, 4) is 5.75 Å². The fourth-order valence-corrected chi connectivity index (χ4v) is 5.64. The van der Waals surface area contributed by atoms with Gasteiger partial charge in [-0.15, -0.1) is 0 Å². The van der Waals surface area contributed by atoms with Crippen molar-refractivity contribution in [2.45, 2.75) is 85.2 Å². The molecule has 0 saturated carbocycles. The fraction of sp³-hybridized carbons (Fsp3) is 0.581. The lowest BCUT2D eigenvalue weighted by Crippen LogP contribution is -2.52. The van der Waals surface area contributed by atoms with Gasteiger partial charge in [0, 0.05) is 12.1 Å². The van der Waals surface area contributed by atoms with Crippen molar-refractivity contribution in [2.24, 2.45) is 0 Å². The Morgan fingerprint density at radius 1 is 0.750 bits per heavy atom. The Hall–Kier alpha value is -2.37. The Balaban J connectivity index is 1.76. The third-order valence-electron chi connectivity index (χ3n) is 7.58. The van der Waals surface area contributed by atoms with E-state index in [1.807, 2.05) is 42.5 Å². The van der Waals surface area contributed by atoms with Crippen LogP contribution in [-0.2, 0) is 0 Å². The third kappa shape index (κ3) is 6.68. The number of hydrogen-bond donors (Lipinski definition) is 0. The maximum atomic E-state index is 13.2. The van der Waals surface area contributed by atoms with Crippen molar-refractivity contribution in [1.82, 2.24) is 9.80 Å². The summed E-state index contributed by atoms with van der Waals surface area (Å²) in [6.07, 6.45) is 7.10. The largest absolute Gasteiger partial charge is 0.493 e. The molecular weight excluding hydrogens is 448 g/mol. The molecule has 5 nitrogen and oxygen atoms in total. The Bertz CT molecular complexity index is 1120. The van der Waals surface area contributed by atoms with Crippen LogP contribution in [-0.4, -0.2) is 54.7 Å². The van der Waals surface area contributed by atoms with Crippen molar-refractivity contribution in [1.29, 1.82) is 0 Å². The Kier molecular flexibility index (Phi) is 11.3. The lowest BCUT2D eigenvalue weighted by Gasteiger charge is -2.42. The maximum Gasteiger partial charge on any atom is 0.204 e. The lowest BCUT2D eigenvalue weighted by molar-refractivity contribution is 0.0729. The van der Waals surface area contributed by atoms with Crippen LogP contribution < -0.4 is 10.2 Å². The first-order valence-corrected chi connectivity index (χ1v) is 14.1. The van der Waals surface area contributed by atoms with Gasteiger partial charge in [0.25, 0.3) is 0 Å². The van der Waals surface area contributed by atoms with Crippen LogP contribution in [0.4, 0.5) is 0 Å². The Labute approximate surface area is 217 Å². The average Bonchev–Trinajstić information content (AvgIpc) is 2.90. The third-order valence-corrected chi connectivity index (χ3v) is 7.58. The molecule has 3 rings (SSSR count). The number of ether oxygens (including phenoxy) is 1. The quantitative estimate of drug-likeness (QED) is 0.157. The monoisotopic (exact) mass is 494 g/mol. The van der Waals surface area contributed by atoms with Crippen LogP contribution in [0.1, 0.15) is 73.1 Å². The van der Waals surface area contributed by atoms with Gasteiger partial charge in [-0.3, -0.25) is 14.6 Å². The van der Waals surface area contributed by atoms with E-state index in [1.165, 1.54) is 25.7 Å². The SMILES string of the molecule is CCCCCC(C(CCCOc1cccc2oc3ccccc3c(=O)c12)N(CC)CC)N(CC)CC. The molecule has 0 saturated heterocycles. The van der Waals surface area contributed by atoms with E-state index in [0.29, 0.717) is 46.4 Å². The van der Waals surface area contributed by atoms with E-state index in [2.05, 4.69) is 44.4 Å². The normalized spacial score (nSPS) is 13.6. The highest BCUT2D eigenvalue weighted by atomic mass is 16.5. The van der Waals surface area contributed by atoms with Gasteiger partial charge in [-0.1, -0.05) is 72.1 Å². The summed E-state index contributed by atoms with van der Waals surface area (Å²) in [7, 11) is 0. The number of nitrogens with zero attached hydrogens (tertiary/aromatic N) is 2. The number of hydrogen-bond acceptors (Lipinski definition) is 5. The Morgan fingerprint density at radius 2 is 1.36 bits per heavy atom. The molecule has 0 aliphatic rings. The zero-order chi connectivity index (χ0) is 25.9. The number of rotatable bonds is 16. The summed E-state index contributed by atoms with van der Waals surface area (Å²) in [6.45, 7) is 16.3. The Morgan fingerprint density at radius 3 is 2.00 bits per heavy atom. The smallest absolute Gasteiger partial charge is 0.204 e. The highest BCUT2D eigenvalue weighted by Gasteiger charge is 2.29. The highest BCUT2D eigenvalue weighted by molar-refractivity contribution is 5.93. The minimum absolute atomic E-state index is 0.0269. The molecule has 0 radical (unpaired) electrons. The van der Waals surface area contributed by atoms with Gasteiger partial charge < -0.3 is 9.15 Å². The van der Waals surface area contributed by atoms with Gasteiger partial charge in [-0.2, -0.15) is 0 Å². The molecule has 5 heteroatoms. The molecule has 0 amide bonds. The summed E-state index contributed by atoms with van der Waals surface area (Å²) in [4.78, 5) is 18.5. The van der Waals surface area contributed by atoms with Crippen molar-refractivity contribution in [2.75, 3.05) is 32.8 Å². The predicted octanol–water partition coefficient (Wildman–Crippen LogP) is 7.11. The molecule has 0 aliphatic carbocycles. The van der Waals surface area contributed by atoms with Crippen LogP contribution in [0.2, 0.25) is 0 Å². The van der Waals surface area contributed by atoms with E-state index in [-0.39, 0.29) is 5.43 Å². The van der Waals surface area contributed by atoms with Gasteiger partial charge in [0.05, 0.1) is 12.0 Å². The molecule has 1 heterocycles. The van der Waals surface area contributed by atoms with E-state index in [1.54, 1.807) is 0 Å². The first-order chi connectivity index (χ1) is 17.6. The molecule has 2 aromatic carbocycles. The second-order valence-corrected chi connectivity index (χ2v) is 9.62. The molecule has 0 spiro atoms. The summed E-state index contributed by atoms with van der Waals surface area (Å²) < 4.78 is 12.3. The van der Waals surface area contributed by atoms with Crippen LogP contribution in [0.15, 0.2) is 51.7 Å². The van der Waals surface area contributed by atoms with Crippen LogP contribution >= 0.6 is 0 Å². The first-order valence-electron chi connectivity index (χ1n) is 14.1. The van der Waals surface area contributed by atoms with Crippen LogP contribution in [0.25, 0.3) is 21.9 Å². The van der Waals surface area contributed by atoms with E-state index in [9.17, 15) is 4.79 Å². The van der Waals surface area contributed by atoms with Gasteiger partial charge in [0.15, 0.2) is 0 Å². The van der Waals surface area contributed by atoms with Crippen LogP contribution in [0.5, 0.6) is 5.75 Å². The molecule has 36 heavy (non-hydrogen) atoms. The second-order valence-electron chi connectivity index (χ2n) is 9.62. The van der Waals surface area contributed by atoms with E-state index < -0.39 is 0 Å². The van der Waals surface area contributed by atoms with E-state index in [0.717, 1.165) is 39.0 Å². The maximum absolute atomic E-state index is 13.2. The standard InChI is InChI=1S/C31H46N2O3/c1-6-11-12-18-25(32(7-2)8-3)26(33(9-4)10-5)19-16-23-35-28-21-15-22-29-30(28)31(34)24-17-13-14-20-27(24)36-29/h13-15,17,20-22,25-26H,6-12,16,18-19,23H2,1-5H3. The van der Waals surface area contributed by atoms with Gasteiger partial charge in [0.2, 0.25) is 5.43 Å². The lowest BCUT2D eigenvalue weighted by atomic mass is 9.94. The highest BCUT2D eigenvalue weighted by Crippen LogP contribution is 2.27. The fourth-order valence-electron chi connectivity index (χ4n) is 5.64. The molecule has 1 aromatic heterocycles. The molecule has 0 bridgehead atoms. The zero-order valence-electron chi connectivity index (χ0n) is 23.1. The number of fused-ring (bicyclic) bond motifs is 2. The van der Waals surface area contributed by atoms with Gasteiger partial charge in [0.1, 0.15) is 22.3 Å².